The van der Waals surface area contributed by atoms with Gasteiger partial charge in [-0.05, 0) is 24.7 Å². The van der Waals surface area contributed by atoms with E-state index in [2.05, 4.69) is 29.1 Å². The standard InChI is InChI=1S/C12H20N4/c1-8(2)10-5-12(15-7-14-10)16-11(6-13)9-3-4-9/h5,7-9,11H,3-4,6,13H2,1-2H3,(H,14,15,16). The molecule has 1 atom stereocenters. The first kappa shape index (κ1) is 11.3. The molecule has 1 aliphatic carbocycles. The Morgan fingerprint density at radius 2 is 2.19 bits per heavy atom. The van der Waals surface area contributed by atoms with Gasteiger partial charge in [0.25, 0.3) is 0 Å². The van der Waals surface area contributed by atoms with Gasteiger partial charge in [-0.1, -0.05) is 13.8 Å². The average Bonchev–Trinajstić information content (AvgIpc) is 3.10. The second-order valence-corrected chi connectivity index (χ2v) is 4.81. The van der Waals surface area contributed by atoms with Crippen molar-refractivity contribution >= 4 is 5.82 Å². The van der Waals surface area contributed by atoms with Crippen LogP contribution >= 0.6 is 0 Å². The minimum absolute atomic E-state index is 0.370. The molecular formula is C12H20N4. The predicted molar refractivity (Wildman–Crippen MR) is 65.3 cm³/mol. The summed E-state index contributed by atoms with van der Waals surface area (Å²) in [4.78, 5) is 8.49. The summed E-state index contributed by atoms with van der Waals surface area (Å²) in [5, 5.41) is 3.41. The minimum atomic E-state index is 0.370. The van der Waals surface area contributed by atoms with Crippen molar-refractivity contribution in [2.24, 2.45) is 11.7 Å². The fourth-order valence-corrected chi connectivity index (χ4v) is 1.82. The van der Waals surface area contributed by atoms with Crippen LogP contribution in [-0.2, 0) is 0 Å². The van der Waals surface area contributed by atoms with Crippen LogP contribution in [0.1, 0.15) is 38.3 Å². The lowest BCUT2D eigenvalue weighted by Crippen LogP contribution is -2.31. The van der Waals surface area contributed by atoms with Crippen LogP contribution in [0, 0.1) is 5.92 Å². The van der Waals surface area contributed by atoms with Crippen molar-refractivity contribution in [3.05, 3.63) is 18.1 Å². The normalized spacial score (nSPS) is 17.5. The average molecular weight is 220 g/mol. The molecule has 3 N–H and O–H groups in total. The van der Waals surface area contributed by atoms with Gasteiger partial charge in [0.05, 0.1) is 0 Å². The molecule has 4 heteroatoms. The monoisotopic (exact) mass is 220 g/mol. The van der Waals surface area contributed by atoms with Gasteiger partial charge >= 0.3 is 0 Å². The Hall–Kier alpha value is -1.16. The second kappa shape index (κ2) is 4.78. The first-order valence-electron chi connectivity index (χ1n) is 5.99. The van der Waals surface area contributed by atoms with Gasteiger partial charge in [-0.25, -0.2) is 9.97 Å². The fourth-order valence-electron chi connectivity index (χ4n) is 1.82. The maximum Gasteiger partial charge on any atom is 0.129 e. The number of anilines is 1. The lowest BCUT2D eigenvalue weighted by atomic mass is 10.1. The fraction of sp³-hybridized carbons (Fsp3) is 0.667. The van der Waals surface area contributed by atoms with E-state index in [0.29, 0.717) is 18.5 Å². The summed E-state index contributed by atoms with van der Waals surface area (Å²) in [5.74, 6) is 2.07. The van der Waals surface area contributed by atoms with Gasteiger partial charge in [0.1, 0.15) is 12.1 Å². The van der Waals surface area contributed by atoms with E-state index in [0.717, 1.165) is 17.4 Å². The van der Waals surface area contributed by atoms with Crippen molar-refractivity contribution in [1.29, 1.82) is 0 Å². The Bertz CT molecular complexity index is 347. The topological polar surface area (TPSA) is 63.8 Å². The van der Waals surface area contributed by atoms with Crippen LogP contribution in [0.4, 0.5) is 5.82 Å². The molecule has 16 heavy (non-hydrogen) atoms. The Morgan fingerprint density at radius 1 is 1.44 bits per heavy atom. The van der Waals surface area contributed by atoms with E-state index >= 15 is 0 Å². The highest BCUT2D eigenvalue weighted by molar-refractivity contribution is 5.37. The highest BCUT2D eigenvalue weighted by atomic mass is 15.1. The molecule has 1 aromatic rings. The molecule has 1 fully saturated rings. The van der Waals surface area contributed by atoms with Crippen LogP contribution in [-0.4, -0.2) is 22.6 Å². The van der Waals surface area contributed by atoms with Crippen LogP contribution in [0.15, 0.2) is 12.4 Å². The van der Waals surface area contributed by atoms with Gasteiger partial charge in [-0.15, -0.1) is 0 Å². The Kier molecular flexibility index (Phi) is 3.39. The van der Waals surface area contributed by atoms with E-state index in [1.165, 1.54) is 12.8 Å². The summed E-state index contributed by atoms with van der Waals surface area (Å²) in [6.07, 6.45) is 4.20. The van der Waals surface area contributed by atoms with E-state index < -0.39 is 0 Å². The minimum Gasteiger partial charge on any atom is -0.366 e. The van der Waals surface area contributed by atoms with Gasteiger partial charge in [0, 0.05) is 24.3 Å². The third-order valence-electron chi connectivity index (χ3n) is 3.06. The summed E-state index contributed by atoms with van der Waals surface area (Å²) in [7, 11) is 0. The number of nitrogens with two attached hydrogens (primary N) is 1. The van der Waals surface area contributed by atoms with E-state index in [1.54, 1.807) is 6.33 Å². The van der Waals surface area contributed by atoms with Crippen molar-refractivity contribution in [2.75, 3.05) is 11.9 Å². The molecule has 1 aromatic heterocycles. The van der Waals surface area contributed by atoms with Crippen molar-refractivity contribution in [1.82, 2.24) is 9.97 Å². The lowest BCUT2D eigenvalue weighted by Gasteiger charge is -2.17. The van der Waals surface area contributed by atoms with Crippen LogP contribution in [0.3, 0.4) is 0 Å². The molecule has 4 nitrogen and oxygen atoms in total. The molecule has 0 saturated heterocycles. The second-order valence-electron chi connectivity index (χ2n) is 4.81. The molecule has 88 valence electrons. The van der Waals surface area contributed by atoms with Crippen molar-refractivity contribution < 1.29 is 0 Å². The smallest absolute Gasteiger partial charge is 0.129 e. The molecule has 0 bridgehead atoms. The highest BCUT2D eigenvalue weighted by Gasteiger charge is 2.30. The van der Waals surface area contributed by atoms with Gasteiger partial charge in [0.15, 0.2) is 0 Å². The number of hydrogen-bond acceptors (Lipinski definition) is 4. The number of rotatable bonds is 5. The van der Waals surface area contributed by atoms with Crippen LogP contribution < -0.4 is 11.1 Å². The molecular weight excluding hydrogens is 200 g/mol. The molecule has 0 aromatic carbocycles. The first-order chi connectivity index (χ1) is 7.70. The number of aromatic nitrogens is 2. The van der Waals surface area contributed by atoms with Crippen molar-refractivity contribution in [3.63, 3.8) is 0 Å². The van der Waals surface area contributed by atoms with Crippen molar-refractivity contribution in [3.8, 4) is 0 Å². The lowest BCUT2D eigenvalue weighted by molar-refractivity contribution is 0.641. The zero-order chi connectivity index (χ0) is 11.5. The Labute approximate surface area is 96.7 Å². The zero-order valence-corrected chi connectivity index (χ0v) is 9.98. The maximum atomic E-state index is 5.75. The molecule has 0 aliphatic heterocycles. The van der Waals surface area contributed by atoms with Gasteiger partial charge < -0.3 is 11.1 Å². The van der Waals surface area contributed by atoms with E-state index in [-0.39, 0.29) is 0 Å². The third-order valence-corrected chi connectivity index (χ3v) is 3.06. The third kappa shape index (κ3) is 2.70. The molecule has 1 unspecified atom stereocenters. The summed E-state index contributed by atoms with van der Waals surface area (Å²) in [6, 6.07) is 2.39. The van der Waals surface area contributed by atoms with Gasteiger partial charge in [-0.3, -0.25) is 0 Å². The highest BCUT2D eigenvalue weighted by Crippen LogP contribution is 2.33. The Balaban J connectivity index is 2.05. The molecule has 0 spiro atoms. The van der Waals surface area contributed by atoms with Crippen LogP contribution in [0.2, 0.25) is 0 Å². The molecule has 1 aliphatic rings. The summed E-state index contributed by atoms with van der Waals surface area (Å²) < 4.78 is 0. The molecule has 1 heterocycles. The number of nitrogens with zero attached hydrogens (tertiary/aromatic N) is 2. The summed E-state index contributed by atoms with van der Waals surface area (Å²) in [6.45, 7) is 4.94. The predicted octanol–water partition coefficient (Wildman–Crippen LogP) is 1.75. The van der Waals surface area contributed by atoms with E-state index in [9.17, 15) is 0 Å². The molecule has 2 rings (SSSR count). The Morgan fingerprint density at radius 3 is 2.75 bits per heavy atom. The maximum absolute atomic E-state index is 5.75. The van der Waals surface area contributed by atoms with Crippen LogP contribution in [0.25, 0.3) is 0 Å². The largest absolute Gasteiger partial charge is 0.366 e. The van der Waals surface area contributed by atoms with Gasteiger partial charge in [0.2, 0.25) is 0 Å². The van der Waals surface area contributed by atoms with Crippen molar-refractivity contribution in [2.45, 2.75) is 38.6 Å². The summed E-state index contributed by atoms with van der Waals surface area (Å²) in [5.41, 5.74) is 6.83. The molecule has 0 amide bonds. The zero-order valence-electron chi connectivity index (χ0n) is 9.98. The molecule has 1 saturated carbocycles. The first-order valence-corrected chi connectivity index (χ1v) is 5.99. The van der Waals surface area contributed by atoms with E-state index in [1.807, 2.05) is 6.07 Å². The van der Waals surface area contributed by atoms with Crippen LogP contribution in [0.5, 0.6) is 0 Å². The van der Waals surface area contributed by atoms with Gasteiger partial charge in [-0.2, -0.15) is 0 Å². The number of nitrogens with one attached hydrogen (secondary N) is 1. The quantitative estimate of drug-likeness (QED) is 0.793. The SMILES string of the molecule is CC(C)c1cc(NC(CN)C2CC2)ncn1. The van der Waals surface area contributed by atoms with E-state index in [4.69, 9.17) is 5.73 Å². The number of hydrogen-bond donors (Lipinski definition) is 2. The molecule has 0 radical (unpaired) electrons. The summed E-state index contributed by atoms with van der Waals surface area (Å²) >= 11 is 0.